The minimum absolute atomic E-state index is 0.00866. The minimum atomic E-state index is -0.00866. The lowest BCUT2D eigenvalue weighted by Crippen LogP contribution is -2.04. The van der Waals surface area contributed by atoms with Gasteiger partial charge in [-0.3, -0.25) is 9.59 Å². The highest BCUT2D eigenvalue weighted by molar-refractivity contribution is 5.98. The molecular weight excluding hydrogens is 128 g/mol. The van der Waals surface area contributed by atoms with Gasteiger partial charge in [-0.25, -0.2) is 0 Å². The van der Waals surface area contributed by atoms with E-state index in [-0.39, 0.29) is 18.0 Å². The van der Waals surface area contributed by atoms with Crippen molar-refractivity contribution in [1.29, 1.82) is 0 Å². The van der Waals surface area contributed by atoms with Crippen LogP contribution in [0, 0.1) is 5.92 Å². The minimum Gasteiger partial charge on any atom is -0.300 e. The van der Waals surface area contributed by atoms with Crippen LogP contribution in [-0.2, 0) is 9.59 Å². The van der Waals surface area contributed by atoms with Crippen molar-refractivity contribution in [2.24, 2.45) is 5.92 Å². The zero-order valence-corrected chi connectivity index (χ0v) is 6.22. The zero-order valence-electron chi connectivity index (χ0n) is 6.22. The van der Waals surface area contributed by atoms with Gasteiger partial charge in [0.15, 0.2) is 0 Å². The summed E-state index contributed by atoms with van der Waals surface area (Å²) in [7, 11) is 0. The van der Waals surface area contributed by atoms with Crippen molar-refractivity contribution >= 4 is 11.6 Å². The van der Waals surface area contributed by atoms with E-state index in [1.807, 2.05) is 0 Å². The summed E-state index contributed by atoms with van der Waals surface area (Å²) in [5.74, 6) is 0.729. The first-order valence-electron chi connectivity index (χ1n) is 3.69. The molecule has 0 atom stereocenters. The Morgan fingerprint density at radius 2 is 2.00 bits per heavy atom. The maximum atomic E-state index is 10.9. The molecule has 0 aromatic rings. The molecule has 0 unspecified atom stereocenters. The van der Waals surface area contributed by atoms with Crippen LogP contribution in [0.25, 0.3) is 0 Å². The standard InChI is InChI=1S/C8H12O2/c1-6(9)4-8(10)5-7-2-3-7/h7H,2-5H2,1H3. The van der Waals surface area contributed by atoms with Gasteiger partial charge in [-0.1, -0.05) is 0 Å². The van der Waals surface area contributed by atoms with Crippen LogP contribution in [0.4, 0.5) is 0 Å². The highest BCUT2D eigenvalue weighted by atomic mass is 16.1. The van der Waals surface area contributed by atoms with Gasteiger partial charge in [-0.15, -0.1) is 0 Å². The zero-order chi connectivity index (χ0) is 7.56. The Balaban J connectivity index is 2.14. The first-order chi connectivity index (χ1) is 4.68. The molecule has 10 heavy (non-hydrogen) atoms. The Morgan fingerprint density at radius 3 is 2.40 bits per heavy atom. The van der Waals surface area contributed by atoms with E-state index in [1.165, 1.54) is 19.8 Å². The molecular formula is C8H12O2. The molecule has 0 spiro atoms. The number of carbonyl (C=O) groups is 2. The second-order valence-electron chi connectivity index (χ2n) is 3.06. The Labute approximate surface area is 60.6 Å². The number of ketones is 2. The van der Waals surface area contributed by atoms with Crippen molar-refractivity contribution in [3.63, 3.8) is 0 Å². The van der Waals surface area contributed by atoms with E-state index in [9.17, 15) is 9.59 Å². The highest BCUT2D eigenvalue weighted by Gasteiger charge is 2.24. The summed E-state index contributed by atoms with van der Waals surface area (Å²) in [6.07, 6.45) is 3.16. The fourth-order valence-electron chi connectivity index (χ4n) is 0.994. The molecule has 0 amide bonds. The summed E-state index contributed by atoms with van der Waals surface area (Å²) in [6.45, 7) is 1.46. The summed E-state index contributed by atoms with van der Waals surface area (Å²) in [6, 6.07) is 0. The molecule has 1 fully saturated rings. The smallest absolute Gasteiger partial charge is 0.140 e. The van der Waals surface area contributed by atoms with Gasteiger partial charge in [0, 0.05) is 6.42 Å². The number of hydrogen-bond donors (Lipinski definition) is 0. The van der Waals surface area contributed by atoms with Crippen LogP contribution in [0.2, 0.25) is 0 Å². The average Bonchev–Trinajstić information content (AvgIpc) is 2.46. The molecule has 0 aromatic carbocycles. The Kier molecular flexibility index (Phi) is 2.20. The number of Topliss-reactive ketones (excluding diaryl/α,β-unsaturated/α-hetero) is 2. The van der Waals surface area contributed by atoms with E-state index in [1.54, 1.807) is 0 Å². The van der Waals surface area contributed by atoms with E-state index in [2.05, 4.69) is 0 Å². The molecule has 0 aliphatic heterocycles. The van der Waals surface area contributed by atoms with Crippen molar-refractivity contribution < 1.29 is 9.59 Å². The molecule has 0 bridgehead atoms. The fraction of sp³-hybridized carbons (Fsp3) is 0.750. The quantitative estimate of drug-likeness (QED) is 0.552. The lowest BCUT2D eigenvalue weighted by atomic mass is 10.1. The molecule has 1 rings (SSSR count). The van der Waals surface area contributed by atoms with Gasteiger partial charge in [0.25, 0.3) is 0 Å². The van der Waals surface area contributed by atoms with E-state index < -0.39 is 0 Å². The Bertz CT molecular complexity index is 157. The molecule has 2 heteroatoms. The van der Waals surface area contributed by atoms with Gasteiger partial charge in [0.1, 0.15) is 11.6 Å². The van der Waals surface area contributed by atoms with Crippen LogP contribution < -0.4 is 0 Å². The second-order valence-corrected chi connectivity index (χ2v) is 3.06. The van der Waals surface area contributed by atoms with E-state index in [0.717, 1.165) is 0 Å². The normalized spacial score (nSPS) is 16.9. The Hall–Kier alpha value is -0.660. The topological polar surface area (TPSA) is 34.1 Å². The first-order valence-corrected chi connectivity index (χ1v) is 3.69. The summed E-state index contributed by atoms with van der Waals surface area (Å²) in [5, 5.41) is 0. The summed E-state index contributed by atoms with van der Waals surface area (Å²) in [5.41, 5.74) is 0. The number of carbonyl (C=O) groups excluding carboxylic acids is 2. The first kappa shape index (κ1) is 7.45. The van der Waals surface area contributed by atoms with Crippen molar-refractivity contribution in [2.45, 2.75) is 32.6 Å². The van der Waals surface area contributed by atoms with Gasteiger partial charge in [-0.2, -0.15) is 0 Å². The fourth-order valence-corrected chi connectivity index (χ4v) is 0.994. The molecule has 2 nitrogen and oxygen atoms in total. The van der Waals surface area contributed by atoms with Gasteiger partial charge < -0.3 is 0 Å². The molecule has 0 aromatic heterocycles. The maximum absolute atomic E-state index is 10.9. The lowest BCUT2D eigenvalue weighted by Gasteiger charge is -1.92. The SMILES string of the molecule is CC(=O)CC(=O)CC1CC1. The molecule has 0 heterocycles. The van der Waals surface area contributed by atoms with Crippen molar-refractivity contribution in [2.75, 3.05) is 0 Å². The lowest BCUT2D eigenvalue weighted by molar-refractivity contribution is -0.126. The maximum Gasteiger partial charge on any atom is 0.140 e. The second kappa shape index (κ2) is 2.95. The van der Waals surface area contributed by atoms with Gasteiger partial charge >= 0.3 is 0 Å². The van der Waals surface area contributed by atoms with Crippen LogP contribution >= 0.6 is 0 Å². The van der Waals surface area contributed by atoms with Crippen LogP contribution in [0.15, 0.2) is 0 Å². The van der Waals surface area contributed by atoms with Crippen LogP contribution in [0.1, 0.15) is 32.6 Å². The summed E-state index contributed by atoms with van der Waals surface area (Å²) >= 11 is 0. The van der Waals surface area contributed by atoms with Crippen molar-refractivity contribution in [1.82, 2.24) is 0 Å². The van der Waals surface area contributed by atoms with E-state index in [0.29, 0.717) is 12.3 Å². The summed E-state index contributed by atoms with van der Waals surface area (Å²) in [4.78, 5) is 21.3. The Morgan fingerprint density at radius 1 is 1.40 bits per heavy atom. The van der Waals surface area contributed by atoms with Crippen LogP contribution in [0.5, 0.6) is 0 Å². The third-order valence-electron chi connectivity index (χ3n) is 1.66. The third-order valence-corrected chi connectivity index (χ3v) is 1.66. The summed E-state index contributed by atoms with van der Waals surface area (Å²) < 4.78 is 0. The predicted octanol–water partition coefficient (Wildman–Crippen LogP) is 1.33. The third kappa shape index (κ3) is 2.76. The molecule has 56 valence electrons. The van der Waals surface area contributed by atoms with Crippen LogP contribution in [0.3, 0.4) is 0 Å². The van der Waals surface area contributed by atoms with Crippen molar-refractivity contribution in [3.8, 4) is 0 Å². The number of rotatable bonds is 4. The van der Waals surface area contributed by atoms with Gasteiger partial charge in [0.2, 0.25) is 0 Å². The molecule has 1 saturated carbocycles. The van der Waals surface area contributed by atoms with Crippen molar-refractivity contribution in [3.05, 3.63) is 0 Å². The predicted molar refractivity (Wildman–Crippen MR) is 37.6 cm³/mol. The van der Waals surface area contributed by atoms with E-state index >= 15 is 0 Å². The highest BCUT2D eigenvalue weighted by Crippen LogP contribution is 2.32. The number of hydrogen-bond acceptors (Lipinski definition) is 2. The van der Waals surface area contributed by atoms with Gasteiger partial charge in [0.05, 0.1) is 6.42 Å². The molecule has 0 N–H and O–H groups in total. The van der Waals surface area contributed by atoms with E-state index in [4.69, 9.17) is 0 Å². The average molecular weight is 140 g/mol. The molecule has 1 aliphatic rings. The van der Waals surface area contributed by atoms with Crippen LogP contribution in [-0.4, -0.2) is 11.6 Å². The monoisotopic (exact) mass is 140 g/mol. The molecule has 0 saturated heterocycles. The largest absolute Gasteiger partial charge is 0.300 e. The molecule has 1 aliphatic carbocycles. The molecule has 0 radical (unpaired) electrons. The van der Waals surface area contributed by atoms with Gasteiger partial charge in [-0.05, 0) is 25.7 Å².